The Kier molecular flexibility index (Phi) is 23.9. The number of benzene rings is 1. The summed E-state index contributed by atoms with van der Waals surface area (Å²) in [5.74, 6) is -0.853. The molecule has 0 aliphatic heterocycles. The average molecular weight is 713 g/mol. The first-order valence-electron chi connectivity index (χ1n) is 19.6. The Morgan fingerprint density at radius 3 is 1.12 bits per heavy atom. The third kappa shape index (κ3) is 22.2. The topological polar surface area (TPSA) is 66.8 Å². The van der Waals surface area contributed by atoms with Gasteiger partial charge >= 0.3 is 5.97 Å². The summed E-state index contributed by atoms with van der Waals surface area (Å²) in [6, 6.07) is 2.86. The quantitative estimate of drug-likeness (QED) is 0.0991. The van der Waals surface area contributed by atoms with Crippen LogP contribution < -0.4 is 4.74 Å². The van der Waals surface area contributed by atoms with E-state index in [4.69, 9.17) is 4.74 Å². The van der Waals surface area contributed by atoms with Crippen molar-refractivity contribution in [2.24, 2.45) is 0 Å². The Balaban J connectivity index is 2.33. The minimum Gasteiger partial charge on any atom is -0.504 e. The first-order valence-corrected chi connectivity index (χ1v) is 19.6. The number of phenolic OH excluding ortho intramolecular Hbond substituents is 1. The Morgan fingerprint density at radius 2 is 0.827 bits per heavy atom. The van der Waals surface area contributed by atoms with Gasteiger partial charge in [-0.25, -0.2) is 4.79 Å². The number of ether oxygens (including phenoxy) is 1. The van der Waals surface area contributed by atoms with Gasteiger partial charge in [0.05, 0.1) is 12.7 Å². The number of hydrogen-bond donors (Lipinski definition) is 2. The molecule has 0 fully saturated rings. The van der Waals surface area contributed by atoms with Gasteiger partial charge in [0.15, 0.2) is 11.5 Å². The van der Waals surface area contributed by atoms with Gasteiger partial charge in [0.2, 0.25) is 0 Å². The summed E-state index contributed by atoms with van der Waals surface area (Å²) in [5.41, 5.74) is 12.2. The van der Waals surface area contributed by atoms with E-state index in [1.165, 1.54) is 76.7 Å². The fourth-order valence-electron chi connectivity index (χ4n) is 5.96. The van der Waals surface area contributed by atoms with E-state index in [2.05, 4.69) is 111 Å². The predicted octanol–water partition coefficient (Wildman–Crippen LogP) is 14.7. The first kappa shape index (κ1) is 46.2. The Bertz CT molecular complexity index is 1500. The van der Waals surface area contributed by atoms with Crippen LogP contribution in [0.3, 0.4) is 0 Å². The van der Waals surface area contributed by atoms with Crippen molar-refractivity contribution in [3.63, 3.8) is 0 Å². The Hall–Kier alpha value is -3.79. The van der Waals surface area contributed by atoms with Crippen LogP contribution in [0.15, 0.2) is 105 Å². The summed E-state index contributed by atoms with van der Waals surface area (Å²) in [6.45, 7) is 20.0. The molecule has 0 saturated heterocycles. The second kappa shape index (κ2) is 26.9. The molecule has 1 aromatic rings. The highest BCUT2D eigenvalue weighted by Crippen LogP contribution is 2.32. The van der Waals surface area contributed by atoms with Crippen molar-refractivity contribution in [3.05, 3.63) is 116 Å². The summed E-state index contributed by atoms with van der Waals surface area (Å²) < 4.78 is 5.15. The molecule has 0 heterocycles. The van der Waals surface area contributed by atoms with E-state index in [1.54, 1.807) is 0 Å². The normalized spacial score (nSPS) is 13.8. The minimum atomic E-state index is -1.04. The number of carboxylic acids is 1. The van der Waals surface area contributed by atoms with Gasteiger partial charge in [-0.3, -0.25) is 0 Å². The summed E-state index contributed by atoms with van der Waals surface area (Å²) >= 11 is 0. The summed E-state index contributed by atoms with van der Waals surface area (Å²) in [6.07, 6.45) is 34.7. The molecule has 4 nitrogen and oxygen atoms in total. The van der Waals surface area contributed by atoms with Crippen molar-refractivity contribution in [2.75, 3.05) is 7.11 Å². The number of rotatable bonds is 25. The third-order valence-corrected chi connectivity index (χ3v) is 9.57. The zero-order chi connectivity index (χ0) is 38.9. The van der Waals surface area contributed by atoms with Gasteiger partial charge in [-0.15, -0.1) is 0 Å². The van der Waals surface area contributed by atoms with Gasteiger partial charge < -0.3 is 14.9 Å². The number of aromatic carboxylic acids is 1. The first-order chi connectivity index (χ1) is 24.7. The highest BCUT2D eigenvalue weighted by Gasteiger charge is 2.13. The molecule has 0 aliphatic rings. The monoisotopic (exact) mass is 713 g/mol. The molecule has 0 atom stereocenters. The average Bonchev–Trinajstić information content (AvgIpc) is 3.07. The lowest BCUT2D eigenvalue weighted by Crippen LogP contribution is -2.00. The van der Waals surface area contributed by atoms with Crippen LogP contribution in [0.4, 0.5) is 0 Å². The largest absolute Gasteiger partial charge is 0.504 e. The van der Waals surface area contributed by atoms with Crippen molar-refractivity contribution in [1.29, 1.82) is 0 Å². The SMILES string of the molecule is COc1cc(C(=O)O)cc(CC=C(C)CCC=C(C)CCC=C(C)CCC=C(C)CCC=C(C)CCC=C(C)CCC=C(C)CCC=C(C)C)c1O. The zero-order valence-corrected chi connectivity index (χ0v) is 34.6. The fraction of sp³-hybridized carbons (Fsp3) is 0.521. The molecule has 2 N–H and O–H groups in total. The molecular formula is C48H72O4. The van der Waals surface area contributed by atoms with E-state index in [1.807, 2.05) is 0 Å². The van der Waals surface area contributed by atoms with Crippen molar-refractivity contribution < 1.29 is 19.7 Å². The molecule has 1 aromatic carbocycles. The zero-order valence-electron chi connectivity index (χ0n) is 34.6. The van der Waals surface area contributed by atoms with E-state index in [0.29, 0.717) is 12.0 Å². The van der Waals surface area contributed by atoms with Crippen LogP contribution in [0.1, 0.15) is 168 Å². The van der Waals surface area contributed by atoms with Crippen molar-refractivity contribution in [2.45, 2.75) is 159 Å². The maximum atomic E-state index is 11.4. The predicted molar refractivity (Wildman–Crippen MR) is 226 cm³/mol. The van der Waals surface area contributed by atoms with Crippen LogP contribution in [-0.2, 0) is 6.42 Å². The lowest BCUT2D eigenvalue weighted by atomic mass is 10.0. The molecule has 52 heavy (non-hydrogen) atoms. The number of carbonyl (C=O) groups is 1. The van der Waals surface area contributed by atoms with Crippen LogP contribution >= 0.6 is 0 Å². The summed E-state index contributed by atoms with van der Waals surface area (Å²) in [7, 11) is 1.43. The van der Waals surface area contributed by atoms with E-state index in [9.17, 15) is 15.0 Å². The van der Waals surface area contributed by atoms with Crippen LogP contribution in [0.2, 0.25) is 0 Å². The number of aromatic hydroxyl groups is 1. The van der Waals surface area contributed by atoms with Gasteiger partial charge in [0.25, 0.3) is 0 Å². The van der Waals surface area contributed by atoms with Crippen molar-refractivity contribution in [3.8, 4) is 11.5 Å². The van der Waals surface area contributed by atoms with E-state index >= 15 is 0 Å². The number of carboxylic acid groups (broad SMARTS) is 1. The van der Waals surface area contributed by atoms with Crippen LogP contribution in [-0.4, -0.2) is 23.3 Å². The molecule has 4 heteroatoms. The minimum absolute atomic E-state index is 0.000585. The molecule has 0 aromatic heterocycles. The Labute approximate surface area is 318 Å². The third-order valence-electron chi connectivity index (χ3n) is 9.57. The van der Waals surface area contributed by atoms with Gasteiger partial charge in [0, 0.05) is 5.56 Å². The lowest BCUT2D eigenvalue weighted by Gasteiger charge is -2.10. The maximum absolute atomic E-state index is 11.4. The van der Waals surface area contributed by atoms with Gasteiger partial charge in [0.1, 0.15) is 0 Å². The van der Waals surface area contributed by atoms with E-state index < -0.39 is 5.97 Å². The number of allylic oxidation sites excluding steroid dienone is 16. The molecule has 0 radical (unpaired) electrons. The van der Waals surface area contributed by atoms with E-state index in [0.717, 1.165) is 77.0 Å². The number of hydrogen-bond acceptors (Lipinski definition) is 3. The second-order valence-electron chi connectivity index (χ2n) is 15.1. The molecule has 288 valence electrons. The molecule has 0 unspecified atom stereocenters. The summed E-state index contributed by atoms with van der Waals surface area (Å²) in [5, 5.41) is 19.8. The molecule has 0 saturated carbocycles. The molecule has 0 amide bonds. The standard InChI is InChI=1S/C48H72O4/c1-36(2)18-11-19-37(3)20-12-21-38(4)22-13-23-39(5)24-14-25-40(6)26-15-27-41(7)28-16-29-42(8)30-17-31-43(9)32-33-44-34-45(48(50)51)35-46(52-10)47(44)49/h18,20,22,24,26,28,30,32,34-35,49H,11-17,19,21,23,25,27,29,31,33H2,1-10H3,(H,50,51). The maximum Gasteiger partial charge on any atom is 0.335 e. The second-order valence-corrected chi connectivity index (χ2v) is 15.1. The van der Waals surface area contributed by atoms with Crippen LogP contribution in [0, 0.1) is 0 Å². The highest BCUT2D eigenvalue weighted by atomic mass is 16.5. The number of phenols is 1. The van der Waals surface area contributed by atoms with Crippen molar-refractivity contribution in [1.82, 2.24) is 0 Å². The van der Waals surface area contributed by atoms with Crippen LogP contribution in [0.5, 0.6) is 11.5 Å². The van der Waals surface area contributed by atoms with Gasteiger partial charge in [-0.1, -0.05) is 93.2 Å². The molecule has 1 rings (SSSR count). The van der Waals surface area contributed by atoms with E-state index in [-0.39, 0.29) is 17.1 Å². The number of methoxy groups -OCH3 is 1. The molecule has 0 aliphatic carbocycles. The highest BCUT2D eigenvalue weighted by molar-refractivity contribution is 5.89. The lowest BCUT2D eigenvalue weighted by molar-refractivity contribution is 0.0696. The fourth-order valence-corrected chi connectivity index (χ4v) is 5.96. The van der Waals surface area contributed by atoms with Gasteiger partial charge in [-0.05, 0) is 171 Å². The summed E-state index contributed by atoms with van der Waals surface area (Å²) in [4.78, 5) is 11.4. The molecule has 0 spiro atoms. The smallest absolute Gasteiger partial charge is 0.335 e. The molecule has 0 bridgehead atoms. The Morgan fingerprint density at radius 1 is 0.519 bits per heavy atom. The van der Waals surface area contributed by atoms with Crippen molar-refractivity contribution >= 4 is 5.97 Å². The van der Waals surface area contributed by atoms with Gasteiger partial charge in [-0.2, -0.15) is 0 Å². The molecular weight excluding hydrogens is 641 g/mol. The van der Waals surface area contributed by atoms with Crippen LogP contribution in [0.25, 0.3) is 0 Å².